The molecule has 0 fully saturated rings. The number of aliphatic hydroxyl groups is 1. The molecule has 1 aliphatic carbocycles. The lowest BCUT2D eigenvalue weighted by Gasteiger charge is -2.31. The van der Waals surface area contributed by atoms with Crippen LogP contribution in [0.15, 0.2) is 36.3 Å². The highest BCUT2D eigenvalue weighted by Gasteiger charge is 2.40. The predicted molar refractivity (Wildman–Crippen MR) is 52.1 cm³/mol. The van der Waals surface area contributed by atoms with Crippen molar-refractivity contribution in [2.24, 2.45) is 5.92 Å². The van der Waals surface area contributed by atoms with Crippen LogP contribution in [0.25, 0.3) is 0 Å². The Morgan fingerprint density at radius 2 is 2.43 bits per heavy atom. The van der Waals surface area contributed by atoms with Gasteiger partial charge in [-0.3, -0.25) is 0 Å². The molecule has 0 amide bonds. The number of hydrogen-bond acceptors (Lipinski definition) is 3. The highest BCUT2D eigenvalue weighted by molar-refractivity contribution is 5.31. The van der Waals surface area contributed by atoms with Crippen molar-refractivity contribution in [3.8, 4) is 0 Å². The van der Waals surface area contributed by atoms with E-state index in [9.17, 15) is 0 Å². The number of allylic oxidation sites excluding steroid dienone is 2. The fraction of sp³-hybridized carbons (Fsp3) is 0.455. The van der Waals surface area contributed by atoms with Crippen LogP contribution in [0.1, 0.15) is 13.8 Å². The van der Waals surface area contributed by atoms with E-state index in [0.717, 1.165) is 5.76 Å². The third-order valence-electron chi connectivity index (χ3n) is 2.51. The molecule has 2 aliphatic rings. The molecular weight excluding hydrogens is 180 g/mol. The van der Waals surface area contributed by atoms with Gasteiger partial charge in [0, 0.05) is 0 Å². The largest absolute Gasteiger partial charge is 0.490 e. The van der Waals surface area contributed by atoms with E-state index in [1.807, 2.05) is 31.2 Å². The first-order valence-corrected chi connectivity index (χ1v) is 4.70. The van der Waals surface area contributed by atoms with Crippen LogP contribution >= 0.6 is 0 Å². The molecule has 3 heteroatoms. The van der Waals surface area contributed by atoms with Crippen LogP contribution in [0.2, 0.25) is 0 Å². The van der Waals surface area contributed by atoms with Crippen LogP contribution in [0.3, 0.4) is 0 Å². The van der Waals surface area contributed by atoms with Crippen LogP contribution in [0.4, 0.5) is 0 Å². The zero-order valence-electron chi connectivity index (χ0n) is 8.31. The number of aliphatic hydroxyl groups excluding tert-OH is 1. The van der Waals surface area contributed by atoms with Crippen molar-refractivity contribution in [1.82, 2.24) is 0 Å². The van der Waals surface area contributed by atoms with Gasteiger partial charge in [-0.25, -0.2) is 0 Å². The van der Waals surface area contributed by atoms with Crippen LogP contribution in [0, 0.1) is 5.92 Å². The average Bonchev–Trinajstić information content (AvgIpc) is 2.46. The Kier molecular flexibility index (Phi) is 2.11. The highest BCUT2D eigenvalue weighted by Crippen LogP contribution is 2.39. The van der Waals surface area contributed by atoms with E-state index in [1.54, 1.807) is 13.2 Å². The molecule has 76 valence electrons. The number of ether oxygens (including phenoxy) is 2. The summed E-state index contributed by atoms with van der Waals surface area (Å²) in [5, 5.41) is 9.16. The maximum atomic E-state index is 9.16. The predicted octanol–water partition coefficient (Wildman–Crippen LogP) is 1.71. The van der Waals surface area contributed by atoms with Crippen molar-refractivity contribution in [3.63, 3.8) is 0 Å². The van der Waals surface area contributed by atoms with E-state index >= 15 is 0 Å². The number of hydrogen-bond donors (Lipinski definition) is 1. The summed E-state index contributed by atoms with van der Waals surface area (Å²) in [7, 11) is 0. The Hall–Kier alpha value is -1.22. The SMILES string of the molecule is CC(O)OC1=CC=C[C@@]2(C)OC=CC12. The Morgan fingerprint density at radius 1 is 1.64 bits per heavy atom. The third-order valence-corrected chi connectivity index (χ3v) is 2.51. The van der Waals surface area contributed by atoms with Gasteiger partial charge in [-0.05, 0) is 32.1 Å². The first-order chi connectivity index (χ1) is 6.62. The van der Waals surface area contributed by atoms with E-state index < -0.39 is 6.29 Å². The lowest BCUT2D eigenvalue weighted by molar-refractivity contribution is -0.0672. The molecule has 1 aliphatic heterocycles. The fourth-order valence-corrected chi connectivity index (χ4v) is 1.80. The van der Waals surface area contributed by atoms with Crippen LogP contribution < -0.4 is 0 Å². The average molecular weight is 194 g/mol. The summed E-state index contributed by atoms with van der Waals surface area (Å²) in [5.74, 6) is 0.820. The Balaban J connectivity index is 2.21. The van der Waals surface area contributed by atoms with Crippen molar-refractivity contribution in [1.29, 1.82) is 0 Å². The molecule has 3 nitrogen and oxygen atoms in total. The second-order valence-electron chi connectivity index (χ2n) is 3.75. The number of rotatable bonds is 2. The molecule has 0 saturated heterocycles. The van der Waals surface area contributed by atoms with Gasteiger partial charge in [0.15, 0.2) is 6.29 Å². The van der Waals surface area contributed by atoms with Gasteiger partial charge in [-0.1, -0.05) is 6.08 Å². The molecule has 2 rings (SSSR count). The molecule has 0 aromatic rings. The van der Waals surface area contributed by atoms with E-state index in [1.165, 1.54) is 0 Å². The summed E-state index contributed by atoms with van der Waals surface area (Å²) < 4.78 is 10.8. The summed E-state index contributed by atoms with van der Waals surface area (Å²) in [6.07, 6.45) is 8.58. The maximum Gasteiger partial charge on any atom is 0.194 e. The van der Waals surface area contributed by atoms with Gasteiger partial charge in [-0.2, -0.15) is 0 Å². The Labute approximate surface area is 83.3 Å². The molecule has 2 unspecified atom stereocenters. The lowest BCUT2D eigenvalue weighted by Crippen LogP contribution is -2.33. The molecule has 1 heterocycles. The van der Waals surface area contributed by atoms with Crippen LogP contribution in [-0.2, 0) is 9.47 Å². The van der Waals surface area contributed by atoms with E-state index in [0.29, 0.717) is 0 Å². The van der Waals surface area contributed by atoms with E-state index in [-0.39, 0.29) is 11.5 Å². The van der Waals surface area contributed by atoms with Crippen LogP contribution in [0.5, 0.6) is 0 Å². The van der Waals surface area contributed by atoms with Crippen molar-refractivity contribution < 1.29 is 14.6 Å². The molecule has 14 heavy (non-hydrogen) atoms. The molecule has 0 aromatic carbocycles. The lowest BCUT2D eigenvalue weighted by atomic mass is 9.85. The first-order valence-electron chi connectivity index (χ1n) is 4.70. The first kappa shape index (κ1) is 9.34. The quantitative estimate of drug-likeness (QED) is 0.680. The van der Waals surface area contributed by atoms with Gasteiger partial charge in [0.2, 0.25) is 0 Å². The minimum Gasteiger partial charge on any atom is -0.490 e. The molecule has 0 saturated carbocycles. The van der Waals surface area contributed by atoms with Crippen molar-refractivity contribution >= 4 is 0 Å². The van der Waals surface area contributed by atoms with Gasteiger partial charge in [0.05, 0.1) is 12.2 Å². The minimum absolute atomic E-state index is 0.0714. The smallest absolute Gasteiger partial charge is 0.194 e. The van der Waals surface area contributed by atoms with Gasteiger partial charge >= 0.3 is 0 Å². The second-order valence-corrected chi connectivity index (χ2v) is 3.75. The monoisotopic (exact) mass is 194 g/mol. The van der Waals surface area contributed by atoms with E-state index in [2.05, 4.69) is 0 Å². The van der Waals surface area contributed by atoms with Crippen molar-refractivity contribution in [2.45, 2.75) is 25.7 Å². The summed E-state index contributed by atoms with van der Waals surface area (Å²) >= 11 is 0. The summed E-state index contributed by atoms with van der Waals surface area (Å²) in [6, 6.07) is 0. The van der Waals surface area contributed by atoms with Gasteiger partial charge in [0.1, 0.15) is 11.4 Å². The van der Waals surface area contributed by atoms with Gasteiger partial charge in [0.25, 0.3) is 0 Å². The van der Waals surface area contributed by atoms with Crippen molar-refractivity contribution in [2.75, 3.05) is 0 Å². The topological polar surface area (TPSA) is 38.7 Å². The molecule has 0 aromatic heterocycles. The highest BCUT2D eigenvalue weighted by atomic mass is 16.6. The summed E-state index contributed by atoms with van der Waals surface area (Å²) in [5.41, 5.74) is -0.348. The molecule has 0 radical (unpaired) electrons. The molecule has 1 N–H and O–H groups in total. The van der Waals surface area contributed by atoms with Gasteiger partial charge in [-0.15, -0.1) is 0 Å². The third kappa shape index (κ3) is 1.44. The molecule has 0 bridgehead atoms. The Morgan fingerprint density at radius 3 is 3.14 bits per heavy atom. The maximum absolute atomic E-state index is 9.16. The Bertz CT molecular complexity index is 314. The van der Waals surface area contributed by atoms with Gasteiger partial charge < -0.3 is 14.6 Å². The molecule has 0 spiro atoms. The minimum atomic E-state index is -0.786. The van der Waals surface area contributed by atoms with Crippen LogP contribution in [-0.4, -0.2) is 17.0 Å². The number of fused-ring (bicyclic) bond motifs is 1. The summed E-state index contributed by atoms with van der Waals surface area (Å²) in [4.78, 5) is 0. The summed E-state index contributed by atoms with van der Waals surface area (Å²) in [6.45, 7) is 3.59. The molecule has 3 atom stereocenters. The standard InChI is InChI=1S/C11H14O3/c1-8(12)14-10-4-3-6-11(2)9(10)5-7-13-11/h3-9,12H,1-2H3/t8?,9?,11-/m1/s1. The normalized spacial score (nSPS) is 35.9. The zero-order chi connectivity index (χ0) is 10.2. The van der Waals surface area contributed by atoms with E-state index in [4.69, 9.17) is 14.6 Å². The molecular formula is C11H14O3. The fourth-order valence-electron chi connectivity index (χ4n) is 1.80. The van der Waals surface area contributed by atoms with Crippen molar-refractivity contribution in [3.05, 3.63) is 36.3 Å². The second kappa shape index (κ2) is 3.17. The zero-order valence-corrected chi connectivity index (χ0v) is 8.31.